The predicted octanol–water partition coefficient (Wildman–Crippen LogP) is 1.28. The number of carboxylic acid groups (broad SMARTS) is 2. The van der Waals surface area contributed by atoms with Crippen molar-refractivity contribution >= 4 is 11.9 Å². The van der Waals surface area contributed by atoms with Crippen LogP contribution in [-0.2, 0) is 9.59 Å². The topological polar surface area (TPSA) is 115 Å². The average Bonchev–Trinajstić information content (AvgIpc) is 2.29. The van der Waals surface area contributed by atoms with Crippen LogP contribution in [0.4, 0.5) is 0 Å². The van der Waals surface area contributed by atoms with Gasteiger partial charge < -0.3 is 20.4 Å². The van der Waals surface area contributed by atoms with E-state index in [9.17, 15) is 5.11 Å². The van der Waals surface area contributed by atoms with Crippen molar-refractivity contribution in [2.45, 2.75) is 26.4 Å². The van der Waals surface area contributed by atoms with Crippen LogP contribution in [0.3, 0.4) is 0 Å². The third-order valence-electron chi connectivity index (χ3n) is 1.59. The van der Waals surface area contributed by atoms with Crippen LogP contribution in [0.2, 0.25) is 0 Å². The fourth-order valence-corrected chi connectivity index (χ4v) is 0.964. The molecule has 4 N–H and O–H groups in total. The Hall–Kier alpha value is -1.92. The molecule has 6 heteroatoms. The molecule has 0 bridgehead atoms. The van der Waals surface area contributed by atoms with Gasteiger partial charge >= 0.3 is 0 Å². The molecule has 0 heterocycles. The van der Waals surface area contributed by atoms with E-state index in [-0.39, 0.29) is 6.61 Å². The summed E-state index contributed by atoms with van der Waals surface area (Å²) in [4.78, 5) is 18.0. The molecule has 1 rings (SSSR count). The normalized spacial score (nSPS) is 10.1. The van der Waals surface area contributed by atoms with Gasteiger partial charge in [-0.1, -0.05) is 30.3 Å². The number of benzene rings is 1. The smallest absolute Gasteiger partial charge is 0.300 e. The van der Waals surface area contributed by atoms with Gasteiger partial charge in [0.1, 0.15) is 0 Å². The SMILES string of the molecule is CC(=O)O.CC(=O)O.OCCC(O)c1ccccc1. The Bertz CT molecular complexity index is 329. The van der Waals surface area contributed by atoms with Crippen molar-refractivity contribution in [3.63, 3.8) is 0 Å². The predicted molar refractivity (Wildman–Crippen MR) is 69.7 cm³/mol. The fraction of sp³-hybridized carbons (Fsp3) is 0.385. The van der Waals surface area contributed by atoms with Gasteiger partial charge in [0.05, 0.1) is 6.10 Å². The summed E-state index contributed by atoms with van der Waals surface area (Å²) < 4.78 is 0. The average molecular weight is 272 g/mol. The summed E-state index contributed by atoms with van der Waals surface area (Å²) in [7, 11) is 0. The molecule has 0 spiro atoms. The molecule has 0 aliphatic carbocycles. The zero-order chi connectivity index (χ0) is 15.3. The van der Waals surface area contributed by atoms with Gasteiger partial charge in [-0.05, 0) is 5.56 Å². The van der Waals surface area contributed by atoms with E-state index in [4.69, 9.17) is 24.9 Å². The molecule has 19 heavy (non-hydrogen) atoms. The zero-order valence-corrected chi connectivity index (χ0v) is 11.0. The molecule has 6 nitrogen and oxygen atoms in total. The highest BCUT2D eigenvalue weighted by Gasteiger charge is 2.03. The van der Waals surface area contributed by atoms with Crippen LogP contribution in [0.15, 0.2) is 30.3 Å². The first-order chi connectivity index (χ1) is 8.81. The lowest BCUT2D eigenvalue weighted by Gasteiger charge is -2.07. The number of aliphatic hydroxyl groups is 2. The molecule has 0 aliphatic heterocycles. The quantitative estimate of drug-likeness (QED) is 0.659. The van der Waals surface area contributed by atoms with Crippen LogP contribution in [0.1, 0.15) is 31.9 Å². The minimum absolute atomic E-state index is 0.0239. The number of aliphatic carboxylic acids is 2. The summed E-state index contributed by atoms with van der Waals surface area (Å²) in [6, 6.07) is 9.33. The van der Waals surface area contributed by atoms with Gasteiger partial charge in [-0.15, -0.1) is 0 Å². The minimum Gasteiger partial charge on any atom is -0.481 e. The van der Waals surface area contributed by atoms with Gasteiger partial charge in [0.2, 0.25) is 0 Å². The van der Waals surface area contributed by atoms with Gasteiger partial charge in [-0.3, -0.25) is 9.59 Å². The number of aliphatic hydroxyl groups excluding tert-OH is 2. The summed E-state index contributed by atoms with van der Waals surface area (Å²) in [5.74, 6) is -1.67. The highest BCUT2D eigenvalue weighted by Crippen LogP contribution is 2.14. The third kappa shape index (κ3) is 18.6. The second-order valence-electron chi connectivity index (χ2n) is 3.48. The van der Waals surface area contributed by atoms with Crippen LogP contribution in [0.5, 0.6) is 0 Å². The number of carboxylic acids is 2. The molecular weight excluding hydrogens is 252 g/mol. The Kier molecular flexibility index (Phi) is 12.8. The van der Waals surface area contributed by atoms with Gasteiger partial charge in [-0.2, -0.15) is 0 Å². The zero-order valence-electron chi connectivity index (χ0n) is 11.0. The molecule has 1 aromatic carbocycles. The van der Waals surface area contributed by atoms with Crippen molar-refractivity contribution in [3.05, 3.63) is 35.9 Å². The Morgan fingerprint density at radius 3 is 1.74 bits per heavy atom. The number of rotatable bonds is 3. The Balaban J connectivity index is 0. The highest BCUT2D eigenvalue weighted by atomic mass is 16.4. The largest absolute Gasteiger partial charge is 0.481 e. The van der Waals surface area contributed by atoms with Gasteiger partial charge in [0.15, 0.2) is 0 Å². The lowest BCUT2D eigenvalue weighted by atomic mass is 10.1. The molecule has 1 aromatic rings. The summed E-state index contributed by atoms with van der Waals surface area (Å²) in [6.45, 7) is 2.19. The van der Waals surface area contributed by atoms with E-state index < -0.39 is 18.0 Å². The summed E-state index contributed by atoms with van der Waals surface area (Å²) in [6.07, 6.45) is -0.120. The van der Waals surface area contributed by atoms with Gasteiger partial charge in [0, 0.05) is 26.9 Å². The second kappa shape index (κ2) is 12.5. The minimum atomic E-state index is -0.833. The second-order valence-corrected chi connectivity index (χ2v) is 3.48. The molecule has 0 amide bonds. The first-order valence-electron chi connectivity index (χ1n) is 5.54. The van der Waals surface area contributed by atoms with Crippen molar-refractivity contribution in [3.8, 4) is 0 Å². The van der Waals surface area contributed by atoms with Crippen LogP contribution < -0.4 is 0 Å². The monoisotopic (exact) mass is 272 g/mol. The first kappa shape index (κ1) is 19.4. The maximum Gasteiger partial charge on any atom is 0.300 e. The van der Waals surface area contributed by atoms with E-state index >= 15 is 0 Å². The summed E-state index contributed by atoms with van der Waals surface area (Å²) in [5.41, 5.74) is 0.863. The lowest BCUT2D eigenvalue weighted by molar-refractivity contribution is -0.135. The van der Waals surface area contributed by atoms with Gasteiger partial charge in [0.25, 0.3) is 11.9 Å². The lowest BCUT2D eigenvalue weighted by Crippen LogP contribution is -1.99. The van der Waals surface area contributed by atoms with Crippen molar-refractivity contribution in [1.82, 2.24) is 0 Å². The highest BCUT2D eigenvalue weighted by molar-refractivity contribution is 5.63. The first-order valence-corrected chi connectivity index (χ1v) is 5.54. The molecule has 0 saturated heterocycles. The maximum absolute atomic E-state index is 9.36. The molecule has 1 atom stereocenters. The van der Waals surface area contributed by atoms with Crippen molar-refractivity contribution in [2.75, 3.05) is 6.61 Å². The number of hydrogen-bond acceptors (Lipinski definition) is 4. The maximum atomic E-state index is 9.36. The molecule has 0 aliphatic rings. The van der Waals surface area contributed by atoms with Gasteiger partial charge in [-0.25, -0.2) is 0 Å². The summed E-state index contributed by atoms with van der Waals surface area (Å²) in [5, 5.41) is 32.7. The molecule has 0 aromatic heterocycles. The van der Waals surface area contributed by atoms with E-state index in [2.05, 4.69) is 0 Å². The van der Waals surface area contributed by atoms with Crippen LogP contribution in [-0.4, -0.2) is 39.0 Å². The van der Waals surface area contributed by atoms with Crippen LogP contribution in [0, 0.1) is 0 Å². The fourth-order valence-electron chi connectivity index (χ4n) is 0.964. The molecule has 108 valence electrons. The molecule has 0 fully saturated rings. The molecular formula is C13H20O6. The van der Waals surface area contributed by atoms with E-state index in [0.29, 0.717) is 6.42 Å². The standard InChI is InChI=1S/C9H12O2.2C2H4O2/c10-7-6-9(11)8-4-2-1-3-5-8;2*1-2(3)4/h1-5,9-11H,6-7H2;2*1H3,(H,3,4). The van der Waals surface area contributed by atoms with Crippen molar-refractivity contribution in [1.29, 1.82) is 0 Å². The van der Waals surface area contributed by atoms with E-state index in [1.807, 2.05) is 30.3 Å². The Labute approximate surface area is 111 Å². The van der Waals surface area contributed by atoms with Crippen LogP contribution >= 0.6 is 0 Å². The van der Waals surface area contributed by atoms with Crippen molar-refractivity contribution in [2.24, 2.45) is 0 Å². The molecule has 1 unspecified atom stereocenters. The summed E-state index contributed by atoms with van der Waals surface area (Å²) >= 11 is 0. The van der Waals surface area contributed by atoms with E-state index in [1.54, 1.807) is 0 Å². The van der Waals surface area contributed by atoms with Crippen molar-refractivity contribution < 1.29 is 30.0 Å². The number of carbonyl (C=O) groups is 2. The third-order valence-corrected chi connectivity index (χ3v) is 1.59. The molecule has 0 radical (unpaired) electrons. The van der Waals surface area contributed by atoms with Crippen LogP contribution in [0.25, 0.3) is 0 Å². The number of hydrogen-bond donors (Lipinski definition) is 4. The Morgan fingerprint density at radius 2 is 1.42 bits per heavy atom. The van der Waals surface area contributed by atoms with E-state index in [0.717, 1.165) is 19.4 Å². The molecule has 0 saturated carbocycles. The van der Waals surface area contributed by atoms with E-state index in [1.165, 1.54) is 0 Å². The Morgan fingerprint density at radius 1 is 1.05 bits per heavy atom.